The third kappa shape index (κ3) is 6.28. The van der Waals surface area contributed by atoms with Gasteiger partial charge < -0.3 is 23.0 Å². The van der Waals surface area contributed by atoms with Crippen LogP contribution < -0.4 is 13.7 Å². The van der Waals surface area contributed by atoms with Crippen molar-refractivity contribution in [2.75, 3.05) is 14.2 Å². The lowest BCUT2D eigenvalue weighted by molar-refractivity contribution is 0.0717. The molecule has 0 saturated carbocycles. The molecule has 0 saturated heterocycles. The predicted octanol–water partition coefficient (Wildman–Crippen LogP) is 5.05. The third-order valence-electron chi connectivity index (χ3n) is 5.43. The van der Waals surface area contributed by atoms with Crippen LogP contribution in [-0.4, -0.2) is 33.4 Å². The Morgan fingerprint density at radius 1 is 0.892 bits per heavy atom. The van der Waals surface area contributed by atoms with Crippen molar-refractivity contribution in [2.24, 2.45) is 0 Å². The summed E-state index contributed by atoms with van der Waals surface area (Å²) >= 11 is 0. The van der Waals surface area contributed by atoms with Gasteiger partial charge in [-0.2, -0.15) is 8.42 Å². The van der Waals surface area contributed by atoms with Crippen LogP contribution in [0, 0.1) is 5.82 Å². The Kier molecular flexibility index (Phi) is 7.78. The number of rotatable bonds is 10. The van der Waals surface area contributed by atoms with Crippen LogP contribution in [0.5, 0.6) is 17.2 Å². The number of amides is 1. The molecule has 0 spiro atoms. The lowest BCUT2D eigenvalue weighted by Gasteiger charge is -2.23. The Balaban J connectivity index is 1.64. The topological polar surface area (TPSA) is 95.3 Å². The quantitative estimate of drug-likeness (QED) is 0.268. The second-order valence-corrected chi connectivity index (χ2v) is 9.50. The Hall–Kier alpha value is -4.31. The van der Waals surface area contributed by atoms with E-state index in [1.54, 1.807) is 53.4 Å². The zero-order chi connectivity index (χ0) is 26.4. The summed E-state index contributed by atoms with van der Waals surface area (Å²) in [4.78, 5) is 14.8. The second kappa shape index (κ2) is 11.2. The molecule has 1 aromatic heterocycles. The summed E-state index contributed by atoms with van der Waals surface area (Å²) in [5.41, 5.74) is 0.989. The molecule has 8 nitrogen and oxygen atoms in total. The Morgan fingerprint density at radius 2 is 1.68 bits per heavy atom. The normalized spacial score (nSPS) is 11.1. The monoisotopic (exact) mass is 525 g/mol. The van der Waals surface area contributed by atoms with E-state index in [2.05, 4.69) is 0 Å². The molecular weight excluding hydrogens is 501 g/mol. The number of benzene rings is 3. The second-order valence-electron chi connectivity index (χ2n) is 7.95. The van der Waals surface area contributed by atoms with Gasteiger partial charge in [-0.3, -0.25) is 4.79 Å². The number of carbonyl (C=O) groups excluding carboxylic acids is 1. The number of hydrogen-bond acceptors (Lipinski definition) is 7. The van der Waals surface area contributed by atoms with Crippen LogP contribution in [0.2, 0.25) is 0 Å². The van der Waals surface area contributed by atoms with Gasteiger partial charge >= 0.3 is 10.1 Å². The average Bonchev–Trinajstić information content (AvgIpc) is 3.41. The highest BCUT2D eigenvalue weighted by atomic mass is 32.2. The van der Waals surface area contributed by atoms with Crippen LogP contribution in [0.1, 0.15) is 21.7 Å². The van der Waals surface area contributed by atoms with Gasteiger partial charge in [0.1, 0.15) is 22.2 Å². The van der Waals surface area contributed by atoms with Crippen LogP contribution in [0.4, 0.5) is 4.39 Å². The standard InChI is InChI=1S/C27H24FNO7S/c1-33-22-6-3-5-20(16-22)27(30)29(18-23-7-4-14-35-23)17-19-8-13-25(34-2)26(15-19)36-37(31,32)24-11-9-21(28)10-12-24/h3-16H,17-18H2,1-2H3. The van der Waals surface area contributed by atoms with Gasteiger partial charge in [-0.05, 0) is 72.3 Å². The maximum absolute atomic E-state index is 13.4. The molecule has 0 bridgehead atoms. The predicted molar refractivity (Wildman–Crippen MR) is 132 cm³/mol. The summed E-state index contributed by atoms with van der Waals surface area (Å²) in [7, 11) is -1.38. The SMILES string of the molecule is COc1cccc(C(=O)N(Cc2ccc(OC)c(OS(=O)(=O)c3ccc(F)cc3)c2)Cc2ccco2)c1. The molecule has 0 N–H and O–H groups in total. The van der Waals surface area contributed by atoms with E-state index in [0.29, 0.717) is 22.6 Å². The highest BCUT2D eigenvalue weighted by Gasteiger charge is 2.22. The molecule has 37 heavy (non-hydrogen) atoms. The molecule has 0 fully saturated rings. The Bertz CT molecular complexity index is 1470. The first-order valence-electron chi connectivity index (χ1n) is 11.1. The fraction of sp³-hybridized carbons (Fsp3) is 0.148. The number of nitrogens with zero attached hydrogens (tertiary/aromatic N) is 1. The van der Waals surface area contributed by atoms with Crippen molar-refractivity contribution in [1.29, 1.82) is 0 Å². The Morgan fingerprint density at radius 3 is 2.35 bits per heavy atom. The highest BCUT2D eigenvalue weighted by molar-refractivity contribution is 7.87. The number of hydrogen-bond donors (Lipinski definition) is 0. The number of halogens is 1. The van der Waals surface area contributed by atoms with Gasteiger partial charge in [-0.15, -0.1) is 0 Å². The van der Waals surface area contributed by atoms with Gasteiger partial charge in [0.05, 0.1) is 27.0 Å². The van der Waals surface area contributed by atoms with Gasteiger partial charge in [0.25, 0.3) is 5.91 Å². The molecule has 4 aromatic rings. The first-order valence-corrected chi connectivity index (χ1v) is 12.5. The van der Waals surface area contributed by atoms with Gasteiger partial charge in [0.2, 0.25) is 0 Å². The molecule has 10 heteroatoms. The van der Waals surface area contributed by atoms with E-state index in [4.69, 9.17) is 18.1 Å². The molecule has 0 aliphatic carbocycles. The van der Waals surface area contributed by atoms with Crippen molar-refractivity contribution in [3.8, 4) is 17.2 Å². The largest absolute Gasteiger partial charge is 0.497 e. The van der Waals surface area contributed by atoms with Crippen molar-refractivity contribution >= 4 is 16.0 Å². The number of furan rings is 1. The lowest BCUT2D eigenvalue weighted by atomic mass is 10.1. The maximum atomic E-state index is 13.4. The third-order valence-corrected chi connectivity index (χ3v) is 6.68. The molecule has 3 aromatic carbocycles. The molecule has 0 unspecified atom stereocenters. The minimum atomic E-state index is -4.27. The summed E-state index contributed by atoms with van der Waals surface area (Å²) in [6.07, 6.45) is 1.52. The zero-order valence-electron chi connectivity index (χ0n) is 20.1. The first-order chi connectivity index (χ1) is 17.8. The minimum absolute atomic E-state index is 0.0731. The summed E-state index contributed by atoms with van der Waals surface area (Å²) in [6, 6.07) is 19.3. The van der Waals surface area contributed by atoms with E-state index in [1.807, 2.05) is 0 Å². The van der Waals surface area contributed by atoms with Crippen LogP contribution in [0.25, 0.3) is 0 Å². The summed E-state index contributed by atoms with van der Waals surface area (Å²) in [6.45, 7) is 0.271. The summed E-state index contributed by atoms with van der Waals surface area (Å²) in [5.74, 6) is 0.348. The first kappa shape index (κ1) is 25.8. The van der Waals surface area contributed by atoms with E-state index in [0.717, 1.165) is 24.3 Å². The molecule has 1 amide bonds. The summed E-state index contributed by atoms with van der Waals surface area (Å²) < 4.78 is 60.1. The highest BCUT2D eigenvalue weighted by Crippen LogP contribution is 2.32. The van der Waals surface area contributed by atoms with Crippen molar-refractivity contribution in [3.63, 3.8) is 0 Å². The molecule has 0 atom stereocenters. The molecule has 192 valence electrons. The van der Waals surface area contributed by atoms with Crippen molar-refractivity contribution in [2.45, 2.75) is 18.0 Å². The van der Waals surface area contributed by atoms with Crippen molar-refractivity contribution in [1.82, 2.24) is 4.90 Å². The van der Waals surface area contributed by atoms with E-state index in [-0.39, 0.29) is 35.4 Å². The summed E-state index contributed by atoms with van der Waals surface area (Å²) in [5, 5.41) is 0. The van der Waals surface area contributed by atoms with Crippen molar-refractivity contribution < 1.29 is 35.7 Å². The van der Waals surface area contributed by atoms with E-state index >= 15 is 0 Å². The molecule has 4 rings (SSSR count). The van der Waals surface area contributed by atoms with Crippen molar-refractivity contribution in [3.05, 3.63) is 108 Å². The van der Waals surface area contributed by atoms with Gasteiger partial charge in [0.15, 0.2) is 11.5 Å². The van der Waals surface area contributed by atoms with Crippen LogP contribution in [0.3, 0.4) is 0 Å². The number of ether oxygens (including phenoxy) is 2. The maximum Gasteiger partial charge on any atom is 0.339 e. The number of carbonyl (C=O) groups is 1. The van der Waals surface area contributed by atoms with Gasteiger partial charge in [-0.1, -0.05) is 12.1 Å². The fourth-order valence-electron chi connectivity index (χ4n) is 3.60. The molecule has 0 aliphatic heterocycles. The number of methoxy groups -OCH3 is 2. The average molecular weight is 526 g/mol. The van der Waals surface area contributed by atoms with E-state index in [1.165, 1.54) is 26.5 Å². The minimum Gasteiger partial charge on any atom is -0.497 e. The van der Waals surface area contributed by atoms with E-state index in [9.17, 15) is 17.6 Å². The molecule has 0 aliphatic rings. The molecule has 1 heterocycles. The van der Waals surface area contributed by atoms with Gasteiger partial charge in [-0.25, -0.2) is 4.39 Å². The lowest BCUT2D eigenvalue weighted by Crippen LogP contribution is -2.30. The van der Waals surface area contributed by atoms with Gasteiger partial charge in [0, 0.05) is 12.1 Å². The van der Waals surface area contributed by atoms with Crippen LogP contribution in [0.15, 0.2) is 94.4 Å². The molecular formula is C27H24FNO7S. The zero-order valence-corrected chi connectivity index (χ0v) is 20.9. The smallest absolute Gasteiger partial charge is 0.339 e. The molecule has 0 radical (unpaired) electrons. The van der Waals surface area contributed by atoms with Crippen LogP contribution >= 0.6 is 0 Å². The van der Waals surface area contributed by atoms with Crippen LogP contribution in [-0.2, 0) is 23.2 Å². The fourth-order valence-corrected chi connectivity index (χ4v) is 4.53. The van der Waals surface area contributed by atoms with E-state index < -0.39 is 15.9 Å². The Labute approximate surface area is 213 Å².